The minimum atomic E-state index is -3.76. The molecular formula is C10H12ClNO4S. The summed E-state index contributed by atoms with van der Waals surface area (Å²) in [5.41, 5.74) is 0.583. The van der Waals surface area contributed by atoms with Crippen LogP contribution in [0.1, 0.15) is 5.56 Å². The van der Waals surface area contributed by atoms with Crippen LogP contribution in [0.4, 0.5) is 0 Å². The largest absolute Gasteiger partial charge is 0.389 e. The third kappa shape index (κ3) is 2.46. The second-order valence-corrected chi connectivity index (χ2v) is 6.08. The van der Waals surface area contributed by atoms with Gasteiger partial charge in [-0.05, 0) is 24.6 Å². The molecule has 2 rings (SSSR count). The van der Waals surface area contributed by atoms with Crippen molar-refractivity contribution in [2.24, 2.45) is 0 Å². The lowest BCUT2D eigenvalue weighted by Crippen LogP contribution is -2.29. The van der Waals surface area contributed by atoms with Crippen molar-refractivity contribution < 1.29 is 18.4 Å². The quantitative estimate of drug-likeness (QED) is 0.874. The number of sulfonamides is 1. The zero-order chi connectivity index (χ0) is 12.6. The van der Waals surface area contributed by atoms with Gasteiger partial charge in [-0.15, -0.1) is 0 Å². The van der Waals surface area contributed by atoms with Crippen molar-refractivity contribution in [1.82, 2.24) is 4.47 Å². The molecule has 0 aliphatic carbocycles. The molecule has 0 saturated carbocycles. The number of hydrogen-bond acceptors (Lipinski definition) is 4. The monoisotopic (exact) mass is 277 g/mol. The molecule has 94 valence electrons. The summed E-state index contributed by atoms with van der Waals surface area (Å²) in [6.45, 7) is 1.60. The number of aliphatic hydroxyl groups is 1. The summed E-state index contributed by atoms with van der Waals surface area (Å²) < 4.78 is 25.2. The lowest BCUT2D eigenvalue weighted by Gasteiger charge is -2.15. The van der Waals surface area contributed by atoms with Crippen LogP contribution in [-0.2, 0) is 14.9 Å². The average molecular weight is 278 g/mol. The van der Waals surface area contributed by atoms with E-state index in [1.807, 2.05) is 0 Å². The van der Waals surface area contributed by atoms with Crippen molar-refractivity contribution in [3.05, 3.63) is 28.8 Å². The molecule has 1 aliphatic heterocycles. The van der Waals surface area contributed by atoms with Crippen molar-refractivity contribution in [2.45, 2.75) is 17.9 Å². The fraction of sp³-hybridized carbons (Fsp3) is 0.400. The summed E-state index contributed by atoms with van der Waals surface area (Å²) in [5.74, 6) is 0. The molecule has 1 N–H and O–H groups in total. The maximum atomic E-state index is 12.2. The lowest BCUT2D eigenvalue weighted by atomic mass is 10.2. The van der Waals surface area contributed by atoms with Gasteiger partial charge in [-0.2, -0.15) is 0 Å². The van der Waals surface area contributed by atoms with Crippen LogP contribution in [0.5, 0.6) is 0 Å². The third-order valence-corrected chi connectivity index (χ3v) is 4.49. The number of aryl methyl sites for hydroxylation is 1. The van der Waals surface area contributed by atoms with E-state index in [0.717, 1.165) is 4.47 Å². The summed E-state index contributed by atoms with van der Waals surface area (Å²) >= 11 is 5.79. The van der Waals surface area contributed by atoms with Crippen LogP contribution in [0.2, 0.25) is 5.02 Å². The molecule has 17 heavy (non-hydrogen) atoms. The van der Waals surface area contributed by atoms with E-state index in [2.05, 4.69) is 0 Å². The molecule has 1 aliphatic rings. The van der Waals surface area contributed by atoms with Crippen LogP contribution >= 0.6 is 11.6 Å². The Morgan fingerprint density at radius 3 is 2.82 bits per heavy atom. The van der Waals surface area contributed by atoms with Gasteiger partial charge in [-0.3, -0.25) is 4.84 Å². The zero-order valence-corrected chi connectivity index (χ0v) is 10.7. The molecule has 1 aromatic rings. The molecule has 1 unspecified atom stereocenters. The van der Waals surface area contributed by atoms with Crippen LogP contribution < -0.4 is 0 Å². The molecule has 0 radical (unpaired) electrons. The Morgan fingerprint density at radius 1 is 1.53 bits per heavy atom. The summed E-state index contributed by atoms with van der Waals surface area (Å²) in [5, 5.41) is 9.62. The third-order valence-electron chi connectivity index (χ3n) is 2.47. The fourth-order valence-electron chi connectivity index (χ4n) is 1.58. The highest BCUT2D eigenvalue weighted by atomic mass is 35.5. The minimum Gasteiger partial charge on any atom is -0.389 e. The highest BCUT2D eigenvalue weighted by Gasteiger charge is 2.34. The number of nitrogens with zero attached hydrogens (tertiary/aromatic N) is 1. The Balaban J connectivity index is 2.41. The first kappa shape index (κ1) is 12.8. The van der Waals surface area contributed by atoms with E-state index in [9.17, 15) is 13.5 Å². The predicted molar refractivity (Wildman–Crippen MR) is 62.0 cm³/mol. The maximum Gasteiger partial charge on any atom is 0.265 e. The highest BCUT2D eigenvalue weighted by Crippen LogP contribution is 2.25. The van der Waals surface area contributed by atoms with Gasteiger partial charge < -0.3 is 5.11 Å². The van der Waals surface area contributed by atoms with E-state index in [1.165, 1.54) is 6.07 Å². The molecule has 0 bridgehead atoms. The van der Waals surface area contributed by atoms with Crippen molar-refractivity contribution in [3.8, 4) is 0 Å². The molecule has 1 saturated heterocycles. The zero-order valence-electron chi connectivity index (χ0n) is 9.13. The number of hydroxylamine groups is 1. The summed E-state index contributed by atoms with van der Waals surface area (Å²) in [4.78, 5) is 5.03. The first-order valence-corrected chi connectivity index (χ1v) is 6.83. The Labute approximate surface area is 105 Å². The van der Waals surface area contributed by atoms with Gasteiger partial charge in [0.2, 0.25) is 0 Å². The van der Waals surface area contributed by atoms with Gasteiger partial charge in [0.05, 0.1) is 24.2 Å². The maximum absolute atomic E-state index is 12.2. The fourth-order valence-corrected chi connectivity index (χ4v) is 3.35. The number of rotatable bonds is 2. The standard InChI is InChI=1S/C10H12ClNO4S/c1-7-2-3-8(11)4-10(7)17(14,15)12-5-9(13)6-16-12/h2-4,9,13H,5-6H2,1H3. The Morgan fingerprint density at radius 2 is 2.24 bits per heavy atom. The van der Waals surface area contributed by atoms with Crippen molar-refractivity contribution in [1.29, 1.82) is 0 Å². The lowest BCUT2D eigenvalue weighted by molar-refractivity contribution is -0.0317. The first-order valence-electron chi connectivity index (χ1n) is 5.01. The van der Waals surface area contributed by atoms with Gasteiger partial charge >= 0.3 is 0 Å². The number of hydrogen-bond donors (Lipinski definition) is 1. The van der Waals surface area contributed by atoms with Crippen LogP contribution in [-0.4, -0.2) is 37.2 Å². The van der Waals surface area contributed by atoms with Gasteiger partial charge in [0.25, 0.3) is 10.0 Å². The van der Waals surface area contributed by atoms with Gasteiger partial charge in [0, 0.05) is 5.02 Å². The second-order valence-electron chi connectivity index (χ2n) is 3.85. The second kappa shape index (κ2) is 4.55. The highest BCUT2D eigenvalue weighted by molar-refractivity contribution is 7.89. The number of benzene rings is 1. The van der Waals surface area contributed by atoms with Gasteiger partial charge in [-0.25, -0.2) is 8.42 Å². The molecule has 1 heterocycles. The van der Waals surface area contributed by atoms with Crippen molar-refractivity contribution >= 4 is 21.6 Å². The SMILES string of the molecule is Cc1ccc(Cl)cc1S(=O)(=O)N1CC(O)CO1. The van der Waals surface area contributed by atoms with E-state index < -0.39 is 16.1 Å². The number of halogens is 1. The molecule has 0 spiro atoms. The van der Waals surface area contributed by atoms with Gasteiger partial charge in [-0.1, -0.05) is 22.1 Å². The molecular weight excluding hydrogens is 266 g/mol. The molecule has 1 atom stereocenters. The van der Waals surface area contributed by atoms with Crippen LogP contribution in [0.15, 0.2) is 23.1 Å². The Kier molecular flexibility index (Phi) is 3.42. The normalized spacial score (nSPS) is 21.9. The van der Waals surface area contributed by atoms with Gasteiger partial charge in [0.1, 0.15) is 0 Å². The molecule has 7 heteroatoms. The minimum absolute atomic E-state index is 0.0150. The predicted octanol–water partition coefficient (Wildman–Crippen LogP) is 0.945. The molecule has 0 amide bonds. The topological polar surface area (TPSA) is 66.8 Å². The molecule has 5 nitrogen and oxygen atoms in total. The van der Waals surface area contributed by atoms with Crippen LogP contribution in [0.25, 0.3) is 0 Å². The van der Waals surface area contributed by atoms with E-state index in [0.29, 0.717) is 10.6 Å². The van der Waals surface area contributed by atoms with E-state index in [4.69, 9.17) is 16.4 Å². The first-order chi connectivity index (χ1) is 7.91. The average Bonchev–Trinajstić information content (AvgIpc) is 2.69. The van der Waals surface area contributed by atoms with E-state index >= 15 is 0 Å². The van der Waals surface area contributed by atoms with Gasteiger partial charge in [0.15, 0.2) is 0 Å². The van der Waals surface area contributed by atoms with Crippen LogP contribution in [0.3, 0.4) is 0 Å². The number of β-amino-alcohol motifs (C(OH)–C–C–N with tert-alkyl or cyclic N) is 1. The Bertz CT molecular complexity index is 531. The summed E-state index contributed by atoms with van der Waals surface area (Å²) in [7, 11) is -3.76. The summed E-state index contributed by atoms with van der Waals surface area (Å²) in [6.07, 6.45) is -0.788. The van der Waals surface area contributed by atoms with Crippen molar-refractivity contribution in [3.63, 3.8) is 0 Å². The molecule has 1 aromatic carbocycles. The van der Waals surface area contributed by atoms with Crippen LogP contribution in [0, 0.1) is 6.92 Å². The molecule has 1 fully saturated rings. The molecule has 0 aromatic heterocycles. The van der Waals surface area contributed by atoms with E-state index in [-0.39, 0.29) is 18.0 Å². The van der Waals surface area contributed by atoms with E-state index in [1.54, 1.807) is 19.1 Å². The Hall–Kier alpha value is -0.660. The van der Waals surface area contributed by atoms with Crippen molar-refractivity contribution in [2.75, 3.05) is 13.2 Å². The number of aliphatic hydroxyl groups excluding tert-OH is 1. The summed E-state index contributed by atoms with van der Waals surface area (Å²) in [6, 6.07) is 4.62. The smallest absolute Gasteiger partial charge is 0.265 e.